The zero-order valence-electron chi connectivity index (χ0n) is 12.0. The van der Waals surface area contributed by atoms with Crippen LogP contribution in [0.4, 0.5) is 0 Å². The molecule has 2 atom stereocenters. The van der Waals surface area contributed by atoms with Gasteiger partial charge in [-0.05, 0) is 39.0 Å². The van der Waals surface area contributed by atoms with Crippen molar-refractivity contribution in [2.45, 2.75) is 63.7 Å². The normalized spacial score (nSPS) is 27.9. The summed E-state index contributed by atoms with van der Waals surface area (Å²) >= 11 is 0. The molecule has 0 saturated carbocycles. The summed E-state index contributed by atoms with van der Waals surface area (Å²) in [7, 11) is 0. The van der Waals surface area contributed by atoms with Gasteiger partial charge in [0.1, 0.15) is 0 Å². The van der Waals surface area contributed by atoms with Crippen LogP contribution in [0, 0.1) is 11.3 Å². The number of ether oxygens (including phenoxy) is 2. The van der Waals surface area contributed by atoms with Crippen LogP contribution in [0.3, 0.4) is 0 Å². The zero-order chi connectivity index (χ0) is 13.5. The highest BCUT2D eigenvalue weighted by molar-refractivity contribution is 4.83. The molecule has 0 aromatic heterocycles. The summed E-state index contributed by atoms with van der Waals surface area (Å²) < 4.78 is 11.7. The Morgan fingerprint density at radius 3 is 2.74 bits per heavy atom. The number of nitrogens with zero attached hydrogens (tertiary/aromatic N) is 2. The highest BCUT2D eigenvalue weighted by Gasteiger charge is 2.24. The van der Waals surface area contributed by atoms with Crippen molar-refractivity contribution in [1.29, 1.82) is 5.26 Å². The Kier molecular flexibility index (Phi) is 6.09. The summed E-state index contributed by atoms with van der Waals surface area (Å²) in [6.07, 6.45) is 7.13. The molecule has 2 rings (SSSR count). The van der Waals surface area contributed by atoms with E-state index in [1.807, 2.05) is 0 Å². The Morgan fingerprint density at radius 1 is 1.32 bits per heavy atom. The minimum absolute atomic E-state index is 0.323. The number of piperidine rings is 1. The van der Waals surface area contributed by atoms with Crippen LogP contribution in [0.5, 0.6) is 0 Å². The molecule has 2 aliphatic heterocycles. The van der Waals surface area contributed by atoms with Gasteiger partial charge in [0, 0.05) is 25.7 Å². The van der Waals surface area contributed by atoms with E-state index < -0.39 is 0 Å². The third-order valence-electron chi connectivity index (χ3n) is 4.28. The monoisotopic (exact) mass is 266 g/mol. The first-order chi connectivity index (χ1) is 9.29. The highest BCUT2D eigenvalue weighted by atomic mass is 16.5. The molecule has 2 fully saturated rings. The summed E-state index contributed by atoms with van der Waals surface area (Å²) in [4.78, 5) is 2.40. The maximum absolute atomic E-state index is 8.73. The van der Waals surface area contributed by atoms with Gasteiger partial charge in [-0.2, -0.15) is 5.26 Å². The van der Waals surface area contributed by atoms with Crippen LogP contribution < -0.4 is 0 Å². The minimum Gasteiger partial charge on any atom is -0.376 e. The first-order valence-corrected chi connectivity index (χ1v) is 7.64. The quantitative estimate of drug-likeness (QED) is 0.766. The van der Waals surface area contributed by atoms with E-state index in [1.165, 1.54) is 12.8 Å². The molecular weight excluding hydrogens is 240 g/mol. The molecule has 0 N–H and O–H groups in total. The second-order valence-electron chi connectivity index (χ2n) is 5.77. The zero-order valence-corrected chi connectivity index (χ0v) is 12.0. The maximum atomic E-state index is 8.73. The van der Waals surface area contributed by atoms with Crippen LogP contribution >= 0.6 is 0 Å². The summed E-state index contributed by atoms with van der Waals surface area (Å²) in [6, 6.07) is 2.64. The SMILES string of the molecule is C[C@@H](CC#N)N1CCC(OC[C@H]2CCCCO2)CC1. The Morgan fingerprint density at radius 2 is 2.11 bits per heavy atom. The van der Waals surface area contributed by atoms with E-state index in [2.05, 4.69) is 17.9 Å². The van der Waals surface area contributed by atoms with Crippen LogP contribution in [-0.2, 0) is 9.47 Å². The molecule has 2 heterocycles. The third kappa shape index (κ3) is 4.76. The van der Waals surface area contributed by atoms with E-state index in [-0.39, 0.29) is 0 Å². The second-order valence-corrected chi connectivity index (χ2v) is 5.77. The van der Waals surface area contributed by atoms with Gasteiger partial charge in [0.25, 0.3) is 0 Å². The van der Waals surface area contributed by atoms with Crippen molar-refractivity contribution in [3.05, 3.63) is 0 Å². The average Bonchev–Trinajstić information content (AvgIpc) is 2.47. The van der Waals surface area contributed by atoms with Crippen molar-refractivity contribution in [2.24, 2.45) is 0 Å². The lowest BCUT2D eigenvalue weighted by molar-refractivity contribution is -0.0766. The fourth-order valence-corrected chi connectivity index (χ4v) is 2.93. The van der Waals surface area contributed by atoms with Crippen LogP contribution in [0.25, 0.3) is 0 Å². The van der Waals surface area contributed by atoms with E-state index in [0.717, 1.165) is 45.6 Å². The van der Waals surface area contributed by atoms with Gasteiger partial charge in [0.2, 0.25) is 0 Å². The predicted molar refractivity (Wildman–Crippen MR) is 73.8 cm³/mol. The average molecular weight is 266 g/mol. The van der Waals surface area contributed by atoms with Gasteiger partial charge in [0.05, 0.1) is 31.3 Å². The first kappa shape index (κ1) is 14.8. The number of rotatable bonds is 5. The number of nitriles is 1. The molecular formula is C15H26N2O2. The maximum Gasteiger partial charge on any atom is 0.0808 e. The van der Waals surface area contributed by atoms with E-state index in [0.29, 0.717) is 24.7 Å². The van der Waals surface area contributed by atoms with Crippen LogP contribution in [0.2, 0.25) is 0 Å². The van der Waals surface area contributed by atoms with Gasteiger partial charge >= 0.3 is 0 Å². The summed E-state index contributed by atoms with van der Waals surface area (Å²) in [6.45, 7) is 5.91. The van der Waals surface area contributed by atoms with Crippen LogP contribution in [-0.4, -0.2) is 49.5 Å². The summed E-state index contributed by atoms with van der Waals surface area (Å²) in [5.74, 6) is 0. The molecule has 0 aromatic carbocycles. The van der Waals surface area contributed by atoms with Crippen LogP contribution in [0.15, 0.2) is 0 Å². The Labute approximate surface area is 116 Å². The minimum atomic E-state index is 0.323. The standard InChI is InChI=1S/C15H26N2O2/c1-13(5-8-16)17-9-6-14(7-10-17)19-12-15-4-2-3-11-18-15/h13-15H,2-7,9-12H2,1H3/t13-,15+/m0/s1. The molecule has 0 aromatic rings. The molecule has 4 nitrogen and oxygen atoms in total. The van der Waals surface area contributed by atoms with E-state index >= 15 is 0 Å². The van der Waals surface area contributed by atoms with Gasteiger partial charge in [-0.25, -0.2) is 0 Å². The fraction of sp³-hybridized carbons (Fsp3) is 0.933. The van der Waals surface area contributed by atoms with Crippen molar-refractivity contribution in [3.8, 4) is 6.07 Å². The Balaban J connectivity index is 1.62. The molecule has 0 bridgehead atoms. The largest absolute Gasteiger partial charge is 0.376 e. The third-order valence-corrected chi connectivity index (χ3v) is 4.28. The molecule has 4 heteroatoms. The van der Waals surface area contributed by atoms with Gasteiger partial charge in [-0.1, -0.05) is 0 Å². The number of likely N-dealkylation sites (tertiary alicyclic amines) is 1. The van der Waals surface area contributed by atoms with Crippen molar-refractivity contribution < 1.29 is 9.47 Å². The topological polar surface area (TPSA) is 45.5 Å². The second kappa shape index (κ2) is 7.84. The highest BCUT2D eigenvalue weighted by Crippen LogP contribution is 2.19. The van der Waals surface area contributed by atoms with E-state index in [1.54, 1.807) is 0 Å². The van der Waals surface area contributed by atoms with Gasteiger partial charge in [0.15, 0.2) is 0 Å². The predicted octanol–water partition coefficient (Wildman–Crippen LogP) is 2.34. The Bertz CT molecular complexity index is 289. The lowest BCUT2D eigenvalue weighted by Gasteiger charge is -2.35. The van der Waals surface area contributed by atoms with Crippen molar-refractivity contribution in [1.82, 2.24) is 4.90 Å². The first-order valence-electron chi connectivity index (χ1n) is 7.64. The van der Waals surface area contributed by atoms with E-state index in [9.17, 15) is 0 Å². The molecule has 0 radical (unpaired) electrons. The Hall–Kier alpha value is -0.630. The molecule has 0 unspecified atom stereocenters. The lowest BCUT2D eigenvalue weighted by atomic mass is 10.0. The van der Waals surface area contributed by atoms with Gasteiger partial charge in [-0.15, -0.1) is 0 Å². The van der Waals surface area contributed by atoms with Crippen molar-refractivity contribution >= 4 is 0 Å². The smallest absolute Gasteiger partial charge is 0.0808 e. The molecule has 0 aliphatic carbocycles. The van der Waals surface area contributed by atoms with Crippen LogP contribution in [0.1, 0.15) is 45.4 Å². The molecule has 0 amide bonds. The van der Waals surface area contributed by atoms with Gasteiger partial charge in [-0.3, -0.25) is 4.90 Å². The molecule has 0 spiro atoms. The summed E-state index contributed by atoms with van der Waals surface area (Å²) in [5.41, 5.74) is 0. The van der Waals surface area contributed by atoms with E-state index in [4.69, 9.17) is 14.7 Å². The molecule has 108 valence electrons. The molecule has 2 aliphatic rings. The molecule has 19 heavy (non-hydrogen) atoms. The summed E-state index contributed by atoms with van der Waals surface area (Å²) in [5, 5.41) is 8.73. The van der Waals surface area contributed by atoms with Crippen molar-refractivity contribution in [3.63, 3.8) is 0 Å². The van der Waals surface area contributed by atoms with Gasteiger partial charge < -0.3 is 9.47 Å². The van der Waals surface area contributed by atoms with Crippen molar-refractivity contribution in [2.75, 3.05) is 26.3 Å². The molecule has 2 saturated heterocycles. The number of hydrogen-bond donors (Lipinski definition) is 0. The fourth-order valence-electron chi connectivity index (χ4n) is 2.93. The lowest BCUT2D eigenvalue weighted by Crippen LogP contribution is -2.42. The number of hydrogen-bond acceptors (Lipinski definition) is 4.